The molecule has 0 radical (unpaired) electrons. The average molecular weight is 233 g/mol. The topological polar surface area (TPSA) is 50.9 Å². The van der Waals surface area contributed by atoms with E-state index in [4.69, 9.17) is 5.73 Å². The highest BCUT2D eigenvalue weighted by atomic mass is 32.1. The summed E-state index contributed by atoms with van der Waals surface area (Å²) in [5, 5.41) is 6.17. The molecule has 2 rings (SSSR count). The maximum absolute atomic E-state index is 5.93. The Kier molecular flexibility index (Phi) is 3.10. The fourth-order valence-electron chi connectivity index (χ4n) is 1.53. The van der Waals surface area contributed by atoms with E-state index in [-0.39, 0.29) is 0 Å². The number of anilines is 3. The van der Waals surface area contributed by atoms with Gasteiger partial charge in [0.2, 0.25) is 0 Å². The van der Waals surface area contributed by atoms with Gasteiger partial charge in [-0.05, 0) is 31.0 Å². The average Bonchev–Trinajstić information content (AvgIpc) is 2.64. The number of nitrogens with zero attached hydrogens (tertiary/aromatic N) is 1. The van der Waals surface area contributed by atoms with Gasteiger partial charge in [-0.25, -0.2) is 4.98 Å². The van der Waals surface area contributed by atoms with Gasteiger partial charge in [0, 0.05) is 16.8 Å². The van der Waals surface area contributed by atoms with Crippen molar-refractivity contribution in [3.05, 3.63) is 34.8 Å². The molecule has 2 aromatic rings. The van der Waals surface area contributed by atoms with Crippen LogP contribution in [0.1, 0.15) is 18.2 Å². The Morgan fingerprint density at radius 3 is 2.81 bits per heavy atom. The molecule has 0 aliphatic carbocycles. The molecule has 0 spiro atoms. The van der Waals surface area contributed by atoms with E-state index in [0.717, 1.165) is 28.6 Å². The molecule has 4 heteroatoms. The van der Waals surface area contributed by atoms with E-state index >= 15 is 0 Å². The molecule has 1 aromatic heterocycles. The molecule has 0 aliphatic heterocycles. The number of benzene rings is 1. The normalized spacial score (nSPS) is 10.4. The number of aryl methyl sites for hydroxylation is 2. The Hall–Kier alpha value is -1.55. The largest absolute Gasteiger partial charge is 0.398 e. The van der Waals surface area contributed by atoms with E-state index in [1.54, 1.807) is 11.3 Å². The van der Waals surface area contributed by atoms with Gasteiger partial charge in [0.15, 0.2) is 5.13 Å². The number of thiazole rings is 1. The van der Waals surface area contributed by atoms with E-state index < -0.39 is 0 Å². The summed E-state index contributed by atoms with van der Waals surface area (Å²) in [7, 11) is 0. The monoisotopic (exact) mass is 233 g/mol. The fourth-order valence-corrected chi connectivity index (χ4v) is 2.24. The summed E-state index contributed by atoms with van der Waals surface area (Å²) in [6.07, 6.45) is 0.961. The summed E-state index contributed by atoms with van der Waals surface area (Å²) in [5.41, 5.74) is 9.97. The maximum atomic E-state index is 5.93. The van der Waals surface area contributed by atoms with Crippen LogP contribution in [-0.4, -0.2) is 4.98 Å². The lowest BCUT2D eigenvalue weighted by Crippen LogP contribution is -1.96. The van der Waals surface area contributed by atoms with Gasteiger partial charge in [-0.15, -0.1) is 11.3 Å². The third kappa shape index (κ3) is 2.33. The third-order valence-electron chi connectivity index (χ3n) is 2.40. The molecule has 0 bridgehead atoms. The lowest BCUT2D eigenvalue weighted by Gasteiger charge is -2.07. The number of hydrogen-bond donors (Lipinski definition) is 2. The fraction of sp³-hybridized carbons (Fsp3) is 0.250. The minimum atomic E-state index is 0.834. The first-order chi connectivity index (χ1) is 7.69. The molecule has 1 heterocycles. The molecule has 0 aliphatic rings. The first-order valence-corrected chi connectivity index (χ1v) is 6.14. The minimum absolute atomic E-state index is 0.834. The Morgan fingerprint density at radius 1 is 1.44 bits per heavy atom. The van der Waals surface area contributed by atoms with Crippen molar-refractivity contribution in [2.45, 2.75) is 20.3 Å². The number of nitrogens with one attached hydrogen (secondary N) is 1. The molecule has 0 fully saturated rings. The van der Waals surface area contributed by atoms with E-state index in [1.165, 1.54) is 5.56 Å². The van der Waals surface area contributed by atoms with Gasteiger partial charge in [-0.2, -0.15) is 0 Å². The number of hydrogen-bond acceptors (Lipinski definition) is 4. The maximum Gasteiger partial charge on any atom is 0.187 e. The number of rotatable bonds is 3. The Morgan fingerprint density at radius 2 is 2.25 bits per heavy atom. The summed E-state index contributed by atoms with van der Waals surface area (Å²) in [6, 6.07) is 6.04. The van der Waals surface area contributed by atoms with Crippen LogP contribution >= 0.6 is 11.3 Å². The van der Waals surface area contributed by atoms with Crippen LogP contribution in [0.15, 0.2) is 23.6 Å². The van der Waals surface area contributed by atoms with Crippen molar-refractivity contribution in [3.63, 3.8) is 0 Å². The molecule has 16 heavy (non-hydrogen) atoms. The molecule has 1 aromatic carbocycles. The molecule has 0 unspecified atom stereocenters. The minimum Gasteiger partial charge on any atom is -0.398 e. The van der Waals surface area contributed by atoms with Gasteiger partial charge < -0.3 is 11.1 Å². The van der Waals surface area contributed by atoms with Gasteiger partial charge in [0.1, 0.15) is 0 Å². The summed E-state index contributed by atoms with van der Waals surface area (Å²) in [6.45, 7) is 4.08. The van der Waals surface area contributed by atoms with E-state index in [0.29, 0.717) is 0 Å². The van der Waals surface area contributed by atoms with Crippen molar-refractivity contribution in [1.29, 1.82) is 0 Å². The third-order valence-corrected chi connectivity index (χ3v) is 3.27. The zero-order chi connectivity index (χ0) is 11.5. The second-order valence-electron chi connectivity index (χ2n) is 3.69. The van der Waals surface area contributed by atoms with Gasteiger partial charge in [0.25, 0.3) is 0 Å². The van der Waals surface area contributed by atoms with Crippen LogP contribution in [0.3, 0.4) is 0 Å². The first kappa shape index (κ1) is 11.0. The zero-order valence-corrected chi connectivity index (χ0v) is 10.3. The number of aromatic nitrogens is 1. The molecule has 3 N–H and O–H groups in total. The van der Waals surface area contributed by atoms with Gasteiger partial charge in [-0.3, -0.25) is 0 Å². The standard InChI is InChI=1S/C12H15N3S/c1-3-9-4-5-10(6-11(9)13)15-12-14-8(2)7-16-12/h4-7H,3,13H2,1-2H3,(H,14,15). The van der Waals surface area contributed by atoms with Crippen LogP contribution in [0.4, 0.5) is 16.5 Å². The molecule has 0 amide bonds. The van der Waals surface area contributed by atoms with Crippen LogP contribution in [0.5, 0.6) is 0 Å². The smallest absolute Gasteiger partial charge is 0.187 e. The molecule has 0 saturated carbocycles. The van der Waals surface area contributed by atoms with Crippen molar-refractivity contribution < 1.29 is 0 Å². The van der Waals surface area contributed by atoms with Crippen molar-refractivity contribution in [2.75, 3.05) is 11.1 Å². The van der Waals surface area contributed by atoms with Crippen LogP contribution in [0.2, 0.25) is 0 Å². The summed E-state index contributed by atoms with van der Waals surface area (Å²) in [5.74, 6) is 0. The molecular weight excluding hydrogens is 218 g/mol. The van der Waals surface area contributed by atoms with Gasteiger partial charge in [-0.1, -0.05) is 13.0 Å². The molecule has 84 valence electrons. The lowest BCUT2D eigenvalue weighted by molar-refractivity contribution is 1.14. The second kappa shape index (κ2) is 4.53. The molecule has 3 nitrogen and oxygen atoms in total. The highest BCUT2D eigenvalue weighted by Gasteiger charge is 2.01. The van der Waals surface area contributed by atoms with Crippen LogP contribution in [0.25, 0.3) is 0 Å². The molecule has 0 atom stereocenters. The Balaban J connectivity index is 2.19. The van der Waals surface area contributed by atoms with Crippen molar-refractivity contribution >= 4 is 27.8 Å². The second-order valence-corrected chi connectivity index (χ2v) is 4.54. The number of nitrogens with two attached hydrogens (primary N) is 1. The van der Waals surface area contributed by atoms with Crippen LogP contribution in [0, 0.1) is 6.92 Å². The van der Waals surface area contributed by atoms with E-state index in [9.17, 15) is 0 Å². The quantitative estimate of drug-likeness (QED) is 0.799. The summed E-state index contributed by atoms with van der Waals surface area (Å²) >= 11 is 1.60. The van der Waals surface area contributed by atoms with Gasteiger partial charge >= 0.3 is 0 Å². The van der Waals surface area contributed by atoms with E-state index in [2.05, 4.69) is 23.3 Å². The molecule has 0 saturated heterocycles. The van der Waals surface area contributed by atoms with Crippen molar-refractivity contribution in [2.24, 2.45) is 0 Å². The number of nitrogen functional groups attached to an aromatic ring is 1. The summed E-state index contributed by atoms with van der Waals surface area (Å²) in [4.78, 5) is 4.34. The predicted octanol–water partition coefficient (Wildman–Crippen LogP) is 3.34. The first-order valence-electron chi connectivity index (χ1n) is 5.26. The van der Waals surface area contributed by atoms with Crippen molar-refractivity contribution in [3.8, 4) is 0 Å². The van der Waals surface area contributed by atoms with E-state index in [1.807, 2.05) is 24.4 Å². The Labute approximate surface area is 99.3 Å². The molecular formula is C12H15N3S. The summed E-state index contributed by atoms with van der Waals surface area (Å²) < 4.78 is 0. The predicted molar refractivity (Wildman–Crippen MR) is 70.4 cm³/mol. The highest BCUT2D eigenvalue weighted by Crippen LogP contribution is 2.24. The Bertz CT molecular complexity index is 491. The zero-order valence-electron chi connectivity index (χ0n) is 9.45. The SMILES string of the molecule is CCc1ccc(Nc2nc(C)cs2)cc1N. The van der Waals surface area contributed by atoms with Crippen LogP contribution < -0.4 is 11.1 Å². The van der Waals surface area contributed by atoms with Crippen molar-refractivity contribution in [1.82, 2.24) is 4.98 Å². The lowest BCUT2D eigenvalue weighted by atomic mass is 10.1. The van der Waals surface area contributed by atoms with Gasteiger partial charge in [0.05, 0.1) is 5.69 Å². The van der Waals surface area contributed by atoms with Crippen LogP contribution in [-0.2, 0) is 6.42 Å². The highest BCUT2D eigenvalue weighted by molar-refractivity contribution is 7.13.